The molecule has 1 aromatic carbocycles. The monoisotopic (exact) mass is 360 g/mol. The zero-order valence-electron chi connectivity index (χ0n) is 15.7. The third-order valence-corrected chi connectivity index (χ3v) is 3.53. The number of carbonyl (C=O) groups excluding carboxylic acids is 2. The van der Waals surface area contributed by atoms with Gasteiger partial charge in [0, 0.05) is 37.3 Å². The highest BCUT2D eigenvalue weighted by Gasteiger charge is 2.17. The van der Waals surface area contributed by atoms with Crippen LogP contribution >= 0.6 is 0 Å². The van der Waals surface area contributed by atoms with Gasteiger partial charge in [-0.15, -0.1) is 0 Å². The van der Waals surface area contributed by atoms with Gasteiger partial charge in [-0.05, 0) is 38.5 Å². The van der Waals surface area contributed by atoms with Crippen LogP contribution in [0.25, 0.3) is 11.0 Å². The molecule has 7 heteroatoms. The predicted molar refractivity (Wildman–Crippen MR) is 99.4 cm³/mol. The maximum atomic E-state index is 12.2. The molecule has 0 radical (unpaired) electrons. The van der Waals surface area contributed by atoms with Crippen LogP contribution in [0.15, 0.2) is 33.5 Å². The molecule has 0 aliphatic heterocycles. The number of amides is 1. The molecule has 1 heterocycles. The van der Waals surface area contributed by atoms with Crippen LogP contribution < -0.4 is 15.8 Å². The zero-order chi connectivity index (χ0) is 19.5. The molecule has 0 atom stereocenters. The minimum absolute atomic E-state index is 0.0355. The fraction of sp³-hybridized carbons (Fsp3) is 0.421. The molecule has 0 bridgehead atoms. The van der Waals surface area contributed by atoms with Crippen LogP contribution in [0.4, 0.5) is 5.69 Å². The van der Waals surface area contributed by atoms with Gasteiger partial charge in [0.05, 0.1) is 6.42 Å². The molecule has 0 aliphatic rings. The van der Waals surface area contributed by atoms with E-state index in [1.54, 1.807) is 26.8 Å². The summed E-state index contributed by atoms with van der Waals surface area (Å²) in [5.41, 5.74) is 0.706. The van der Waals surface area contributed by atoms with Crippen LogP contribution in [0.2, 0.25) is 0 Å². The van der Waals surface area contributed by atoms with Crippen molar-refractivity contribution < 1.29 is 18.7 Å². The van der Waals surface area contributed by atoms with Crippen molar-refractivity contribution in [1.82, 2.24) is 5.32 Å². The van der Waals surface area contributed by atoms with E-state index in [0.29, 0.717) is 16.5 Å². The van der Waals surface area contributed by atoms with Crippen LogP contribution in [0.1, 0.15) is 26.3 Å². The number of esters is 1. The Bertz CT molecular complexity index is 878. The van der Waals surface area contributed by atoms with Gasteiger partial charge in [-0.2, -0.15) is 0 Å². The summed E-state index contributed by atoms with van der Waals surface area (Å²) in [4.78, 5) is 37.5. The van der Waals surface area contributed by atoms with Gasteiger partial charge in [0.25, 0.3) is 0 Å². The van der Waals surface area contributed by atoms with E-state index < -0.39 is 17.2 Å². The lowest BCUT2D eigenvalue weighted by atomic mass is 10.1. The van der Waals surface area contributed by atoms with Gasteiger partial charge in [0.2, 0.25) is 5.91 Å². The molecular formula is C19H24N2O5. The lowest BCUT2D eigenvalue weighted by molar-refractivity contribution is -0.154. The van der Waals surface area contributed by atoms with Crippen LogP contribution in [-0.4, -0.2) is 38.1 Å². The number of hydrogen-bond acceptors (Lipinski definition) is 6. The first-order valence-corrected chi connectivity index (χ1v) is 8.28. The second kappa shape index (κ2) is 7.59. The molecule has 0 fully saturated rings. The van der Waals surface area contributed by atoms with E-state index in [4.69, 9.17) is 9.15 Å². The highest BCUT2D eigenvalue weighted by atomic mass is 16.6. The topological polar surface area (TPSA) is 88.9 Å². The Morgan fingerprint density at radius 1 is 1.19 bits per heavy atom. The van der Waals surface area contributed by atoms with Gasteiger partial charge >= 0.3 is 11.6 Å². The zero-order valence-corrected chi connectivity index (χ0v) is 15.7. The summed E-state index contributed by atoms with van der Waals surface area (Å²) in [6.45, 7) is 5.04. The molecule has 140 valence electrons. The molecule has 0 unspecified atom stereocenters. The number of hydrogen-bond donors (Lipinski definition) is 1. The predicted octanol–water partition coefficient (Wildman–Crippen LogP) is 1.86. The summed E-state index contributed by atoms with van der Waals surface area (Å²) in [6.07, 6.45) is -0.0355. The number of fused-ring (bicyclic) bond motifs is 1. The molecule has 26 heavy (non-hydrogen) atoms. The molecule has 2 rings (SSSR count). The van der Waals surface area contributed by atoms with Gasteiger partial charge in [0.15, 0.2) is 0 Å². The van der Waals surface area contributed by atoms with Crippen molar-refractivity contribution in [2.24, 2.45) is 0 Å². The van der Waals surface area contributed by atoms with Gasteiger partial charge in [-0.25, -0.2) is 4.79 Å². The van der Waals surface area contributed by atoms with E-state index in [1.165, 1.54) is 6.07 Å². The highest BCUT2D eigenvalue weighted by molar-refractivity contribution is 5.89. The summed E-state index contributed by atoms with van der Waals surface area (Å²) in [5, 5.41) is 3.20. The fourth-order valence-corrected chi connectivity index (χ4v) is 2.43. The lowest BCUT2D eigenvalue weighted by Crippen LogP contribution is -2.35. The van der Waals surface area contributed by atoms with Crippen molar-refractivity contribution in [2.75, 3.05) is 25.5 Å². The average Bonchev–Trinajstić information content (AvgIpc) is 2.50. The Morgan fingerprint density at radius 3 is 2.50 bits per heavy atom. The summed E-state index contributed by atoms with van der Waals surface area (Å²) < 4.78 is 10.4. The molecule has 0 spiro atoms. The van der Waals surface area contributed by atoms with Crippen molar-refractivity contribution in [3.05, 3.63) is 40.2 Å². The van der Waals surface area contributed by atoms with E-state index >= 15 is 0 Å². The number of nitrogens with zero attached hydrogens (tertiary/aromatic N) is 1. The minimum Gasteiger partial charge on any atom is -0.459 e. The Balaban J connectivity index is 2.13. The number of benzene rings is 1. The third-order valence-electron chi connectivity index (χ3n) is 3.53. The van der Waals surface area contributed by atoms with Crippen molar-refractivity contribution >= 4 is 28.5 Å². The quantitative estimate of drug-likeness (QED) is 0.647. The van der Waals surface area contributed by atoms with E-state index in [9.17, 15) is 14.4 Å². The Kier molecular flexibility index (Phi) is 5.69. The minimum atomic E-state index is -0.611. The van der Waals surface area contributed by atoms with Gasteiger partial charge in [-0.3, -0.25) is 9.59 Å². The largest absolute Gasteiger partial charge is 0.459 e. The van der Waals surface area contributed by atoms with Crippen LogP contribution in [-0.2, 0) is 20.7 Å². The number of nitrogens with one attached hydrogen (secondary N) is 1. The normalized spacial score (nSPS) is 11.3. The van der Waals surface area contributed by atoms with Crippen molar-refractivity contribution in [2.45, 2.75) is 32.8 Å². The van der Waals surface area contributed by atoms with Gasteiger partial charge in [-0.1, -0.05) is 0 Å². The highest BCUT2D eigenvalue weighted by Crippen LogP contribution is 2.23. The first kappa shape index (κ1) is 19.5. The molecule has 0 saturated heterocycles. The van der Waals surface area contributed by atoms with Crippen LogP contribution in [0, 0.1) is 0 Å². The second-order valence-electron chi connectivity index (χ2n) is 7.21. The first-order chi connectivity index (χ1) is 12.0. The van der Waals surface area contributed by atoms with E-state index in [1.807, 2.05) is 31.1 Å². The summed E-state index contributed by atoms with van der Waals surface area (Å²) in [5.74, 6) is -0.890. The van der Waals surface area contributed by atoms with Crippen molar-refractivity contribution in [1.29, 1.82) is 0 Å². The Morgan fingerprint density at radius 2 is 1.88 bits per heavy atom. The molecule has 2 aromatic rings. The number of rotatable bonds is 5. The molecule has 1 N–H and O–H groups in total. The summed E-state index contributed by atoms with van der Waals surface area (Å²) in [7, 11) is 3.76. The molecule has 1 amide bonds. The summed E-state index contributed by atoms with van der Waals surface area (Å²) >= 11 is 0. The lowest BCUT2D eigenvalue weighted by Gasteiger charge is -2.19. The summed E-state index contributed by atoms with van der Waals surface area (Å²) in [6, 6.07) is 6.73. The first-order valence-electron chi connectivity index (χ1n) is 8.28. The van der Waals surface area contributed by atoms with Gasteiger partial charge < -0.3 is 19.4 Å². The second-order valence-corrected chi connectivity index (χ2v) is 7.21. The van der Waals surface area contributed by atoms with E-state index in [0.717, 1.165) is 5.69 Å². The van der Waals surface area contributed by atoms with Crippen molar-refractivity contribution in [3.8, 4) is 0 Å². The maximum Gasteiger partial charge on any atom is 0.336 e. The standard InChI is InChI=1S/C19H24N2O5/c1-19(2,3)26-18(24)11-20-16(22)8-12-9-17(23)25-15-10-13(21(4)5)6-7-14(12)15/h6-7,9-10H,8,11H2,1-5H3,(H,20,22). The molecule has 1 aromatic heterocycles. The number of ether oxygens (including phenoxy) is 1. The maximum absolute atomic E-state index is 12.2. The number of carbonyl (C=O) groups is 2. The van der Waals surface area contributed by atoms with Crippen molar-refractivity contribution in [3.63, 3.8) is 0 Å². The van der Waals surface area contributed by atoms with E-state index in [-0.39, 0.29) is 18.9 Å². The third kappa shape index (κ3) is 5.34. The van der Waals surface area contributed by atoms with Crippen LogP contribution in [0.3, 0.4) is 0 Å². The van der Waals surface area contributed by atoms with Gasteiger partial charge in [0.1, 0.15) is 17.7 Å². The number of anilines is 1. The Hall–Kier alpha value is -2.83. The Labute approximate surface area is 151 Å². The van der Waals surface area contributed by atoms with E-state index in [2.05, 4.69) is 5.32 Å². The van der Waals surface area contributed by atoms with Crippen LogP contribution in [0.5, 0.6) is 0 Å². The SMILES string of the molecule is CN(C)c1ccc2c(CC(=O)NCC(=O)OC(C)(C)C)cc(=O)oc2c1. The smallest absolute Gasteiger partial charge is 0.336 e. The molecular weight excluding hydrogens is 336 g/mol. The molecule has 0 aliphatic carbocycles. The average molecular weight is 360 g/mol. The molecule has 0 saturated carbocycles. The molecule has 7 nitrogen and oxygen atoms in total. The fourth-order valence-electron chi connectivity index (χ4n) is 2.43.